The number of carbonyl (C=O) groups excluding carboxylic acids is 2. The standard InChI is InChI=1S/C13H18N2O4/c1-10(2)11(3)4-5-12(10,8(17)18)6-13(11)7(16)14-9(19)15-13/h4-6H2,1-3H3,(H,17,18)(H2,14,15,16,19)/t11-,12+,13+/m1/s1. The molecule has 3 N–H and O–H groups in total. The van der Waals surface area contributed by atoms with E-state index in [1.54, 1.807) is 0 Å². The van der Waals surface area contributed by atoms with Crippen LogP contribution in [-0.4, -0.2) is 28.6 Å². The monoisotopic (exact) mass is 266 g/mol. The second-order valence-electron chi connectivity index (χ2n) is 6.83. The molecule has 1 aliphatic heterocycles. The van der Waals surface area contributed by atoms with Crippen molar-refractivity contribution in [2.45, 2.75) is 45.6 Å². The Labute approximate surface area is 110 Å². The molecule has 1 spiro atoms. The van der Waals surface area contributed by atoms with E-state index in [1.165, 1.54) is 0 Å². The first kappa shape index (κ1) is 12.4. The van der Waals surface area contributed by atoms with Crippen LogP contribution in [0.25, 0.3) is 0 Å². The predicted molar refractivity (Wildman–Crippen MR) is 65.2 cm³/mol. The van der Waals surface area contributed by atoms with Crippen LogP contribution in [0.4, 0.5) is 4.79 Å². The first-order chi connectivity index (χ1) is 8.63. The normalized spacial score (nSPS) is 46.5. The smallest absolute Gasteiger partial charge is 0.322 e. The van der Waals surface area contributed by atoms with E-state index in [0.717, 1.165) is 0 Å². The molecule has 0 aromatic carbocycles. The molecule has 3 atom stereocenters. The topological polar surface area (TPSA) is 95.5 Å². The maximum atomic E-state index is 12.3. The fourth-order valence-corrected chi connectivity index (χ4v) is 4.77. The number of fused-ring (bicyclic) bond motifs is 3. The summed E-state index contributed by atoms with van der Waals surface area (Å²) in [7, 11) is 0. The summed E-state index contributed by atoms with van der Waals surface area (Å²) in [6.45, 7) is 5.73. The number of aliphatic carboxylic acids is 1. The molecule has 2 bridgehead atoms. The van der Waals surface area contributed by atoms with Gasteiger partial charge in [-0.05, 0) is 24.7 Å². The number of rotatable bonds is 1. The number of hydrogen-bond acceptors (Lipinski definition) is 3. The van der Waals surface area contributed by atoms with Crippen LogP contribution >= 0.6 is 0 Å². The molecule has 0 aromatic rings. The Morgan fingerprint density at radius 2 is 1.84 bits per heavy atom. The van der Waals surface area contributed by atoms with E-state index in [-0.39, 0.29) is 12.3 Å². The first-order valence-electron chi connectivity index (χ1n) is 6.50. The van der Waals surface area contributed by atoms with E-state index in [2.05, 4.69) is 10.6 Å². The second-order valence-corrected chi connectivity index (χ2v) is 6.83. The highest BCUT2D eigenvalue weighted by molar-refractivity contribution is 6.08. The molecule has 3 rings (SSSR count). The highest BCUT2D eigenvalue weighted by Gasteiger charge is 2.81. The fraction of sp³-hybridized carbons (Fsp3) is 0.769. The van der Waals surface area contributed by atoms with Gasteiger partial charge in [-0.15, -0.1) is 0 Å². The molecular formula is C13H18N2O4. The lowest BCUT2D eigenvalue weighted by Gasteiger charge is -2.44. The molecule has 3 amide bonds. The van der Waals surface area contributed by atoms with Crippen molar-refractivity contribution in [3.63, 3.8) is 0 Å². The van der Waals surface area contributed by atoms with E-state index in [9.17, 15) is 19.5 Å². The molecule has 0 aromatic heterocycles. The van der Waals surface area contributed by atoms with Crippen LogP contribution in [0.2, 0.25) is 0 Å². The van der Waals surface area contributed by atoms with E-state index in [4.69, 9.17) is 0 Å². The van der Waals surface area contributed by atoms with Gasteiger partial charge in [0.15, 0.2) is 0 Å². The van der Waals surface area contributed by atoms with E-state index < -0.39 is 33.8 Å². The molecule has 104 valence electrons. The number of urea groups is 1. The molecule has 2 saturated carbocycles. The number of imide groups is 1. The van der Waals surface area contributed by atoms with Crippen LogP contribution in [0.1, 0.15) is 40.0 Å². The lowest BCUT2D eigenvalue weighted by atomic mass is 9.62. The Hall–Kier alpha value is -1.59. The second kappa shape index (κ2) is 2.94. The zero-order valence-electron chi connectivity index (χ0n) is 11.3. The Balaban J connectivity index is 2.22. The van der Waals surface area contributed by atoms with Crippen LogP contribution in [0.5, 0.6) is 0 Å². The van der Waals surface area contributed by atoms with Crippen LogP contribution < -0.4 is 10.6 Å². The minimum atomic E-state index is -1.08. The minimum Gasteiger partial charge on any atom is -0.481 e. The van der Waals surface area contributed by atoms with Crippen LogP contribution in [0.3, 0.4) is 0 Å². The molecule has 19 heavy (non-hydrogen) atoms. The Bertz CT molecular complexity index is 529. The summed E-state index contributed by atoms with van der Waals surface area (Å²) in [5, 5.41) is 14.7. The molecule has 1 heterocycles. The molecule has 6 nitrogen and oxygen atoms in total. The maximum absolute atomic E-state index is 12.3. The third-order valence-electron chi connectivity index (χ3n) is 6.49. The summed E-state index contributed by atoms with van der Waals surface area (Å²) >= 11 is 0. The highest BCUT2D eigenvalue weighted by Crippen LogP contribution is 2.76. The summed E-state index contributed by atoms with van der Waals surface area (Å²) in [5.74, 6) is -1.25. The Morgan fingerprint density at radius 1 is 1.21 bits per heavy atom. The SMILES string of the molecule is CC1(C)[C@@]2(C(=O)O)CC[C@@]1(C)[C@@]1(C2)NC(=O)NC1=O. The summed E-state index contributed by atoms with van der Waals surface area (Å²) in [5.41, 5.74) is -3.13. The van der Waals surface area contributed by atoms with Gasteiger partial charge >= 0.3 is 12.0 Å². The van der Waals surface area contributed by atoms with Gasteiger partial charge in [-0.3, -0.25) is 14.9 Å². The van der Waals surface area contributed by atoms with Crippen LogP contribution in [0.15, 0.2) is 0 Å². The van der Waals surface area contributed by atoms with Crippen LogP contribution in [-0.2, 0) is 9.59 Å². The van der Waals surface area contributed by atoms with Gasteiger partial charge in [0.2, 0.25) is 0 Å². The third-order valence-corrected chi connectivity index (χ3v) is 6.49. The number of carboxylic acid groups (broad SMARTS) is 1. The summed E-state index contributed by atoms with van der Waals surface area (Å²) in [6, 6.07) is -0.518. The zero-order chi connectivity index (χ0) is 14.3. The quantitative estimate of drug-likeness (QED) is 0.613. The Morgan fingerprint density at radius 3 is 2.26 bits per heavy atom. The highest BCUT2D eigenvalue weighted by atomic mass is 16.4. The van der Waals surface area contributed by atoms with E-state index in [0.29, 0.717) is 12.8 Å². The number of hydrogen-bond donors (Lipinski definition) is 3. The van der Waals surface area contributed by atoms with Gasteiger partial charge in [-0.2, -0.15) is 0 Å². The minimum absolute atomic E-state index is 0.177. The average molecular weight is 266 g/mol. The molecule has 6 heteroatoms. The lowest BCUT2D eigenvalue weighted by Crippen LogP contribution is -2.58. The van der Waals surface area contributed by atoms with Crippen molar-refractivity contribution in [3.8, 4) is 0 Å². The molecule has 0 unspecified atom stereocenters. The third kappa shape index (κ3) is 0.965. The molecule has 3 aliphatic rings. The largest absolute Gasteiger partial charge is 0.481 e. The van der Waals surface area contributed by atoms with Gasteiger partial charge in [-0.25, -0.2) is 4.79 Å². The van der Waals surface area contributed by atoms with Crippen molar-refractivity contribution in [1.82, 2.24) is 10.6 Å². The van der Waals surface area contributed by atoms with E-state index >= 15 is 0 Å². The molecule has 1 saturated heterocycles. The fourth-order valence-electron chi connectivity index (χ4n) is 4.77. The predicted octanol–water partition coefficient (Wildman–Crippen LogP) is 0.866. The van der Waals surface area contributed by atoms with Crippen molar-refractivity contribution >= 4 is 17.9 Å². The van der Waals surface area contributed by atoms with Gasteiger partial charge in [0.1, 0.15) is 5.54 Å². The van der Waals surface area contributed by atoms with Gasteiger partial charge < -0.3 is 10.4 Å². The summed E-state index contributed by atoms with van der Waals surface area (Å²) < 4.78 is 0. The molecule has 0 radical (unpaired) electrons. The van der Waals surface area contributed by atoms with Crippen molar-refractivity contribution in [1.29, 1.82) is 0 Å². The maximum Gasteiger partial charge on any atom is 0.322 e. The van der Waals surface area contributed by atoms with Crippen molar-refractivity contribution in [3.05, 3.63) is 0 Å². The van der Waals surface area contributed by atoms with Crippen LogP contribution in [0, 0.1) is 16.2 Å². The average Bonchev–Trinajstić information content (AvgIpc) is 2.73. The Kier molecular flexibility index (Phi) is 1.93. The zero-order valence-corrected chi connectivity index (χ0v) is 11.3. The van der Waals surface area contributed by atoms with E-state index in [1.807, 2.05) is 20.8 Å². The first-order valence-corrected chi connectivity index (χ1v) is 6.50. The van der Waals surface area contributed by atoms with Crippen molar-refractivity contribution < 1.29 is 19.5 Å². The molecule has 2 aliphatic carbocycles. The number of amides is 3. The number of carbonyl (C=O) groups is 3. The van der Waals surface area contributed by atoms with Gasteiger partial charge in [0.05, 0.1) is 5.41 Å². The lowest BCUT2D eigenvalue weighted by molar-refractivity contribution is -0.154. The van der Waals surface area contributed by atoms with Crippen molar-refractivity contribution in [2.24, 2.45) is 16.2 Å². The molecule has 3 fully saturated rings. The van der Waals surface area contributed by atoms with Gasteiger partial charge in [0, 0.05) is 5.41 Å². The van der Waals surface area contributed by atoms with Gasteiger partial charge in [0.25, 0.3) is 5.91 Å². The summed E-state index contributed by atoms with van der Waals surface area (Å²) in [6.07, 6.45) is 1.35. The molecular weight excluding hydrogens is 248 g/mol. The van der Waals surface area contributed by atoms with Crippen molar-refractivity contribution in [2.75, 3.05) is 0 Å². The van der Waals surface area contributed by atoms with Gasteiger partial charge in [-0.1, -0.05) is 20.8 Å². The summed E-state index contributed by atoms with van der Waals surface area (Å²) in [4.78, 5) is 35.6. The number of carboxylic acids is 1. The number of nitrogens with one attached hydrogen (secondary N) is 2.